The molecule has 166 valence electrons. The van der Waals surface area contributed by atoms with Crippen LogP contribution in [-0.2, 0) is 16.9 Å². The van der Waals surface area contributed by atoms with Gasteiger partial charge in [0.2, 0.25) is 0 Å². The Morgan fingerprint density at radius 2 is 2.16 bits per heavy atom. The van der Waals surface area contributed by atoms with Crippen LogP contribution in [-0.4, -0.2) is 56.8 Å². The number of hydrogen-bond acceptors (Lipinski definition) is 7. The van der Waals surface area contributed by atoms with Gasteiger partial charge in [-0.1, -0.05) is 6.07 Å². The average Bonchev–Trinajstić information content (AvgIpc) is 3.54. The molecule has 0 saturated heterocycles. The molecule has 0 saturated carbocycles. The molecule has 2 atom stereocenters. The highest BCUT2D eigenvalue weighted by molar-refractivity contribution is 7.09. The van der Waals surface area contributed by atoms with Gasteiger partial charge in [0.1, 0.15) is 16.9 Å². The fraction of sp³-hybridized carbons (Fsp3) is 0.375. The molecule has 1 unspecified atom stereocenters. The van der Waals surface area contributed by atoms with Crippen molar-refractivity contribution in [1.82, 2.24) is 24.4 Å². The van der Waals surface area contributed by atoms with Crippen molar-refractivity contribution in [1.29, 1.82) is 0 Å². The third-order valence-electron chi connectivity index (χ3n) is 6.47. The van der Waals surface area contributed by atoms with Gasteiger partial charge in [0.15, 0.2) is 0 Å². The Morgan fingerprint density at radius 1 is 1.28 bits per heavy atom. The fourth-order valence-corrected chi connectivity index (χ4v) is 5.49. The summed E-state index contributed by atoms with van der Waals surface area (Å²) in [5.74, 6) is 0. The summed E-state index contributed by atoms with van der Waals surface area (Å²) in [5.41, 5.74) is 4.11. The van der Waals surface area contributed by atoms with E-state index >= 15 is 0 Å². The average molecular weight is 450 g/mol. The zero-order valence-electron chi connectivity index (χ0n) is 18.5. The number of hydrogen-bond donors (Lipinski definition) is 1. The first-order valence-corrected chi connectivity index (χ1v) is 11.6. The molecule has 4 aromatic rings. The third-order valence-corrected chi connectivity index (χ3v) is 7.46. The predicted octanol–water partition coefficient (Wildman–Crippen LogP) is 3.83. The van der Waals surface area contributed by atoms with Crippen molar-refractivity contribution in [2.45, 2.75) is 31.5 Å². The smallest absolute Gasteiger partial charge is 0.138 e. The molecule has 4 heterocycles. The van der Waals surface area contributed by atoms with Crippen molar-refractivity contribution in [3.05, 3.63) is 64.6 Å². The minimum absolute atomic E-state index is 0.269. The van der Waals surface area contributed by atoms with Crippen LogP contribution in [0.4, 0.5) is 0 Å². The molecule has 0 spiro atoms. The lowest BCUT2D eigenvalue weighted by molar-refractivity contribution is 0.102. The number of nitrogens with zero attached hydrogens (tertiary/aromatic N) is 5. The summed E-state index contributed by atoms with van der Waals surface area (Å²) < 4.78 is 7.73. The first-order valence-electron chi connectivity index (χ1n) is 10.8. The molecule has 0 amide bonds. The Labute approximate surface area is 191 Å². The Bertz CT molecular complexity index is 1220. The molecular weight excluding hydrogens is 422 g/mol. The molecule has 0 bridgehead atoms. The molecule has 32 heavy (non-hydrogen) atoms. The minimum Gasteiger partial charge on any atom is -0.383 e. The van der Waals surface area contributed by atoms with Gasteiger partial charge in [-0.25, -0.2) is 15.0 Å². The fourth-order valence-electron chi connectivity index (χ4n) is 4.77. The molecule has 3 aromatic heterocycles. The lowest BCUT2D eigenvalue weighted by atomic mass is 9.93. The van der Waals surface area contributed by atoms with Crippen molar-refractivity contribution in [3.63, 3.8) is 0 Å². The number of thiazole rings is 1. The van der Waals surface area contributed by atoms with Gasteiger partial charge in [0, 0.05) is 60.1 Å². The zero-order valence-corrected chi connectivity index (χ0v) is 19.3. The number of aromatic nitrogens is 4. The van der Waals surface area contributed by atoms with E-state index in [9.17, 15) is 5.11 Å². The Kier molecular flexibility index (Phi) is 5.54. The summed E-state index contributed by atoms with van der Waals surface area (Å²) in [6, 6.07) is 8.48. The van der Waals surface area contributed by atoms with E-state index in [0.29, 0.717) is 11.6 Å². The lowest BCUT2D eigenvalue weighted by Crippen LogP contribution is -2.27. The van der Waals surface area contributed by atoms with Crippen LogP contribution >= 0.6 is 11.3 Å². The number of ether oxygens (including phenoxy) is 1. The van der Waals surface area contributed by atoms with Crippen molar-refractivity contribution in [2.24, 2.45) is 0 Å². The van der Waals surface area contributed by atoms with Gasteiger partial charge in [-0.05, 0) is 44.2 Å². The van der Waals surface area contributed by atoms with Gasteiger partial charge in [0.25, 0.3) is 0 Å². The molecule has 0 fully saturated rings. The van der Waals surface area contributed by atoms with Crippen LogP contribution < -0.4 is 0 Å². The van der Waals surface area contributed by atoms with Crippen molar-refractivity contribution in [3.8, 4) is 11.3 Å². The van der Waals surface area contributed by atoms with Crippen LogP contribution in [0.5, 0.6) is 0 Å². The molecule has 8 heteroatoms. The number of likely N-dealkylation sites (N-methyl/N-ethyl adjacent to an activating group) is 1. The summed E-state index contributed by atoms with van der Waals surface area (Å²) in [5, 5.41) is 15.0. The molecular formula is C24H27N5O2S. The molecule has 0 radical (unpaired) electrons. The van der Waals surface area contributed by atoms with E-state index in [-0.39, 0.29) is 6.04 Å². The van der Waals surface area contributed by atoms with Crippen molar-refractivity contribution < 1.29 is 9.84 Å². The van der Waals surface area contributed by atoms with E-state index in [1.54, 1.807) is 25.8 Å². The van der Waals surface area contributed by atoms with Crippen LogP contribution in [0, 0.1) is 0 Å². The maximum absolute atomic E-state index is 11.3. The SMILES string of the molecule is COCCN(C)[C@H]1CCn2c1c(-c1ccncn1)c1cc(C(C)(O)c3nccs3)ccc12. The molecule has 7 nitrogen and oxygen atoms in total. The first kappa shape index (κ1) is 21.2. The van der Waals surface area contributed by atoms with Gasteiger partial charge in [0.05, 0.1) is 18.3 Å². The number of benzene rings is 1. The summed E-state index contributed by atoms with van der Waals surface area (Å²) >= 11 is 1.46. The van der Waals surface area contributed by atoms with E-state index in [2.05, 4.69) is 43.6 Å². The number of rotatable bonds is 7. The number of aryl methyl sites for hydroxylation is 1. The summed E-state index contributed by atoms with van der Waals surface area (Å²) in [6.07, 6.45) is 6.15. The molecule has 5 rings (SSSR count). The van der Waals surface area contributed by atoms with Crippen LogP contribution in [0.3, 0.4) is 0 Å². The maximum atomic E-state index is 11.3. The minimum atomic E-state index is -1.16. The predicted molar refractivity (Wildman–Crippen MR) is 126 cm³/mol. The number of aliphatic hydroxyl groups is 1. The second-order valence-electron chi connectivity index (χ2n) is 8.43. The normalized spacial score (nSPS) is 17.7. The van der Waals surface area contributed by atoms with E-state index in [1.807, 2.05) is 24.4 Å². The Morgan fingerprint density at radius 3 is 2.88 bits per heavy atom. The summed E-state index contributed by atoms with van der Waals surface area (Å²) in [6.45, 7) is 4.30. The summed E-state index contributed by atoms with van der Waals surface area (Å²) in [7, 11) is 3.89. The number of methoxy groups -OCH3 is 1. The molecule has 1 N–H and O–H groups in total. The number of fused-ring (bicyclic) bond motifs is 3. The quantitative estimate of drug-likeness (QED) is 0.462. The van der Waals surface area contributed by atoms with Gasteiger partial charge in [-0.15, -0.1) is 11.3 Å². The molecule has 1 aliphatic rings. The lowest BCUT2D eigenvalue weighted by Gasteiger charge is -2.24. The molecule has 1 aliphatic heterocycles. The maximum Gasteiger partial charge on any atom is 0.138 e. The Hall–Kier alpha value is -2.65. The highest BCUT2D eigenvalue weighted by Gasteiger charge is 2.35. The standard InChI is InChI=1S/C24H27N5O2S/c1-24(30,23-26-9-13-32-23)16-4-5-19-17(14-16)21(18-6-8-25-15-27-18)22-20(7-10-29(19)22)28(2)11-12-31-3/h4-6,8-9,13-15,20,30H,7,10-12H2,1-3H3/t20-,24?/m0/s1. The van der Waals surface area contributed by atoms with Crippen molar-refractivity contribution in [2.75, 3.05) is 27.3 Å². The van der Waals surface area contributed by atoms with Gasteiger partial charge in [-0.3, -0.25) is 4.90 Å². The Balaban J connectivity index is 1.70. The largest absolute Gasteiger partial charge is 0.383 e. The second-order valence-corrected chi connectivity index (χ2v) is 9.32. The zero-order chi connectivity index (χ0) is 22.3. The highest BCUT2D eigenvalue weighted by Crippen LogP contribution is 2.45. The van der Waals surface area contributed by atoms with Crippen LogP contribution in [0.2, 0.25) is 0 Å². The van der Waals surface area contributed by atoms with Gasteiger partial charge >= 0.3 is 0 Å². The van der Waals surface area contributed by atoms with Crippen LogP contribution in [0.25, 0.3) is 22.2 Å². The van der Waals surface area contributed by atoms with E-state index in [4.69, 9.17) is 4.74 Å². The van der Waals surface area contributed by atoms with Gasteiger partial charge in [-0.2, -0.15) is 0 Å². The summed E-state index contributed by atoms with van der Waals surface area (Å²) in [4.78, 5) is 15.5. The van der Waals surface area contributed by atoms with Crippen molar-refractivity contribution >= 4 is 22.2 Å². The van der Waals surface area contributed by atoms with E-state index in [1.165, 1.54) is 17.0 Å². The first-order chi connectivity index (χ1) is 15.5. The molecule has 1 aromatic carbocycles. The highest BCUT2D eigenvalue weighted by atomic mass is 32.1. The topological polar surface area (TPSA) is 76.3 Å². The van der Waals surface area contributed by atoms with E-state index in [0.717, 1.165) is 47.2 Å². The van der Waals surface area contributed by atoms with E-state index < -0.39 is 5.60 Å². The van der Waals surface area contributed by atoms with Gasteiger partial charge < -0.3 is 14.4 Å². The monoisotopic (exact) mass is 449 g/mol. The second kappa shape index (κ2) is 8.37. The van der Waals surface area contributed by atoms with Crippen LogP contribution in [0.1, 0.15) is 35.7 Å². The molecule has 0 aliphatic carbocycles. The third kappa shape index (κ3) is 3.44. The van der Waals surface area contributed by atoms with Crippen LogP contribution in [0.15, 0.2) is 48.4 Å².